The van der Waals surface area contributed by atoms with Crippen LogP contribution in [0.3, 0.4) is 0 Å². The molecule has 3 aromatic rings. The van der Waals surface area contributed by atoms with Crippen LogP contribution in [-0.4, -0.2) is 59.3 Å². The van der Waals surface area contributed by atoms with Crippen molar-refractivity contribution in [1.82, 2.24) is 4.90 Å². The van der Waals surface area contributed by atoms with Gasteiger partial charge in [-0.2, -0.15) is 11.3 Å². The van der Waals surface area contributed by atoms with Gasteiger partial charge in [0.05, 0.1) is 13.2 Å². The number of carboxylic acids is 2. The van der Waals surface area contributed by atoms with Crippen LogP contribution in [0.1, 0.15) is 85.8 Å². The van der Waals surface area contributed by atoms with Crippen LogP contribution in [0.5, 0.6) is 11.5 Å². The Morgan fingerprint density at radius 2 is 1.55 bits per heavy atom. The number of benzene rings is 2. The van der Waals surface area contributed by atoms with Crippen molar-refractivity contribution in [2.75, 3.05) is 26.3 Å². The molecular formula is C35H45NO7S. The van der Waals surface area contributed by atoms with Crippen molar-refractivity contribution >= 4 is 29.2 Å². The molecule has 0 fully saturated rings. The first-order valence-electron chi connectivity index (χ1n) is 15.5. The summed E-state index contributed by atoms with van der Waals surface area (Å²) in [5.41, 5.74) is 5.89. The fourth-order valence-electron chi connectivity index (χ4n) is 5.17. The summed E-state index contributed by atoms with van der Waals surface area (Å²) in [4.78, 5) is 37.0. The Kier molecular flexibility index (Phi) is 14.2. The van der Waals surface area contributed by atoms with E-state index in [1.54, 1.807) is 11.3 Å². The zero-order valence-corrected chi connectivity index (χ0v) is 26.9. The van der Waals surface area contributed by atoms with Gasteiger partial charge < -0.3 is 24.6 Å². The molecule has 1 heterocycles. The van der Waals surface area contributed by atoms with Crippen molar-refractivity contribution in [3.8, 4) is 22.6 Å². The first-order chi connectivity index (χ1) is 21.2. The molecule has 9 heteroatoms. The molecule has 8 nitrogen and oxygen atoms in total. The van der Waals surface area contributed by atoms with E-state index >= 15 is 0 Å². The van der Waals surface area contributed by atoms with Crippen molar-refractivity contribution in [1.29, 1.82) is 0 Å². The lowest BCUT2D eigenvalue weighted by Gasteiger charge is -2.20. The van der Waals surface area contributed by atoms with Crippen LogP contribution in [0.4, 0.5) is 0 Å². The molecule has 0 bridgehead atoms. The number of aryl methyl sites for hydroxylation is 2. The smallest absolute Gasteiger partial charge is 0.303 e. The van der Waals surface area contributed by atoms with Crippen molar-refractivity contribution in [2.24, 2.45) is 0 Å². The number of carbonyl (C=O) groups is 3. The van der Waals surface area contributed by atoms with Crippen LogP contribution >= 0.6 is 11.3 Å². The van der Waals surface area contributed by atoms with Crippen molar-refractivity contribution < 1.29 is 34.1 Å². The van der Waals surface area contributed by atoms with E-state index in [2.05, 4.69) is 17.7 Å². The summed E-state index contributed by atoms with van der Waals surface area (Å²) >= 11 is 1.65. The number of carbonyl (C=O) groups excluding carboxylic acids is 1. The zero-order chi connectivity index (χ0) is 31.9. The quantitative estimate of drug-likeness (QED) is 0.124. The van der Waals surface area contributed by atoms with Gasteiger partial charge in [0.1, 0.15) is 11.5 Å². The Morgan fingerprint density at radius 1 is 0.818 bits per heavy atom. The van der Waals surface area contributed by atoms with Gasteiger partial charge in [-0.1, -0.05) is 25.0 Å². The molecular weight excluding hydrogens is 578 g/mol. The highest BCUT2D eigenvalue weighted by Gasteiger charge is 2.17. The first-order valence-corrected chi connectivity index (χ1v) is 16.4. The van der Waals surface area contributed by atoms with E-state index in [9.17, 15) is 19.5 Å². The minimum Gasteiger partial charge on any atom is -0.494 e. The molecule has 238 valence electrons. The molecule has 3 rings (SSSR count). The Hall–Kier alpha value is -3.85. The summed E-state index contributed by atoms with van der Waals surface area (Å²) in [6.45, 7) is 8.17. The predicted octanol–water partition coefficient (Wildman–Crippen LogP) is 7.65. The summed E-state index contributed by atoms with van der Waals surface area (Å²) < 4.78 is 12.0. The number of amides is 1. The van der Waals surface area contributed by atoms with Gasteiger partial charge in [0.2, 0.25) is 0 Å². The number of unbranched alkanes of at least 4 members (excludes halogenated alkanes) is 3. The largest absolute Gasteiger partial charge is 0.494 e. The molecule has 2 aromatic carbocycles. The van der Waals surface area contributed by atoms with Gasteiger partial charge in [-0.15, -0.1) is 0 Å². The third-order valence-corrected chi connectivity index (χ3v) is 8.45. The topological polar surface area (TPSA) is 113 Å². The summed E-state index contributed by atoms with van der Waals surface area (Å²) in [5, 5.41) is 22.3. The summed E-state index contributed by atoms with van der Waals surface area (Å²) in [7, 11) is 0. The number of hydrogen-bond acceptors (Lipinski definition) is 6. The van der Waals surface area contributed by atoms with Crippen LogP contribution in [0, 0.1) is 6.92 Å². The molecule has 0 spiro atoms. The molecule has 0 aliphatic rings. The van der Waals surface area contributed by atoms with Crippen molar-refractivity contribution in [2.45, 2.75) is 78.6 Å². The van der Waals surface area contributed by atoms with E-state index in [0.29, 0.717) is 49.6 Å². The van der Waals surface area contributed by atoms with Crippen LogP contribution in [0.25, 0.3) is 11.1 Å². The van der Waals surface area contributed by atoms with E-state index < -0.39 is 11.9 Å². The van der Waals surface area contributed by atoms with E-state index in [1.165, 1.54) is 5.56 Å². The third-order valence-electron chi connectivity index (χ3n) is 7.59. The van der Waals surface area contributed by atoms with Gasteiger partial charge in [0, 0.05) is 31.5 Å². The first kappa shape index (κ1) is 34.6. The van der Waals surface area contributed by atoms with Crippen LogP contribution < -0.4 is 9.47 Å². The Morgan fingerprint density at radius 3 is 2.23 bits per heavy atom. The van der Waals surface area contributed by atoms with E-state index in [1.807, 2.05) is 55.1 Å². The van der Waals surface area contributed by atoms with E-state index in [-0.39, 0.29) is 25.4 Å². The highest BCUT2D eigenvalue weighted by atomic mass is 32.1. The maximum atomic E-state index is 13.2. The van der Waals surface area contributed by atoms with Crippen molar-refractivity contribution in [3.05, 3.63) is 69.4 Å². The third kappa shape index (κ3) is 10.7. The highest BCUT2D eigenvalue weighted by molar-refractivity contribution is 7.08. The second kappa shape index (κ2) is 18.1. The number of nitrogens with zero attached hydrogens (tertiary/aromatic N) is 1. The lowest BCUT2D eigenvalue weighted by Crippen LogP contribution is -2.30. The number of hydrogen-bond donors (Lipinski definition) is 2. The molecule has 0 saturated heterocycles. The fourth-order valence-corrected chi connectivity index (χ4v) is 6.03. The summed E-state index contributed by atoms with van der Waals surface area (Å²) in [6.07, 6.45) is 5.40. The molecule has 2 N–H and O–H groups in total. The van der Waals surface area contributed by atoms with Crippen molar-refractivity contribution in [3.63, 3.8) is 0 Å². The van der Waals surface area contributed by atoms with Gasteiger partial charge in [0.25, 0.3) is 5.91 Å². The molecule has 0 atom stereocenters. The second-order valence-electron chi connectivity index (χ2n) is 10.8. The maximum absolute atomic E-state index is 13.2. The van der Waals surface area contributed by atoms with Crippen LogP contribution in [0.15, 0.2) is 47.2 Å². The molecule has 0 aliphatic carbocycles. The van der Waals surface area contributed by atoms with E-state index in [4.69, 9.17) is 14.6 Å². The lowest BCUT2D eigenvalue weighted by atomic mass is 9.97. The standard InChI is InChI=1S/C35H45NO7S/c1-4-36(5-2)35(41)28-20-27(31-24-44-23-25(31)3)21-29(22-28)42-18-9-7-6-8-12-26-13-10-14-32(30(26)16-17-34(39)40)43-19-11-15-33(37)38/h10,13-14,20-24H,4-9,11-12,15-19H2,1-3H3,(H,37,38)(H,39,40). The zero-order valence-electron chi connectivity index (χ0n) is 26.1. The van der Waals surface area contributed by atoms with Gasteiger partial charge in [0.15, 0.2) is 0 Å². The average Bonchev–Trinajstić information content (AvgIpc) is 3.44. The highest BCUT2D eigenvalue weighted by Crippen LogP contribution is 2.32. The molecule has 0 unspecified atom stereocenters. The SMILES string of the molecule is CCN(CC)C(=O)c1cc(OCCCCCCc2cccc(OCCCC(=O)O)c2CCC(=O)O)cc(-c2cscc2C)c1. The Labute approximate surface area is 264 Å². The predicted molar refractivity (Wildman–Crippen MR) is 174 cm³/mol. The number of ether oxygens (including phenoxy) is 2. The second-order valence-corrected chi connectivity index (χ2v) is 11.6. The molecule has 0 radical (unpaired) electrons. The summed E-state index contributed by atoms with van der Waals surface area (Å²) in [6, 6.07) is 11.6. The lowest BCUT2D eigenvalue weighted by molar-refractivity contribution is -0.138. The number of thiophene rings is 1. The average molecular weight is 624 g/mol. The Bertz CT molecular complexity index is 1380. The van der Waals surface area contributed by atoms with Crippen LogP contribution in [0.2, 0.25) is 0 Å². The number of rotatable bonds is 20. The molecule has 1 aromatic heterocycles. The number of carboxylic acid groups (broad SMARTS) is 2. The minimum atomic E-state index is -0.865. The van der Waals surface area contributed by atoms with Gasteiger partial charge in [-0.3, -0.25) is 14.4 Å². The fraction of sp³-hybridized carbons (Fsp3) is 0.457. The van der Waals surface area contributed by atoms with Gasteiger partial charge in [-0.25, -0.2) is 0 Å². The summed E-state index contributed by atoms with van der Waals surface area (Å²) in [5.74, 6) is -0.381. The van der Waals surface area contributed by atoms with Crippen LogP contribution in [-0.2, 0) is 22.4 Å². The Balaban J connectivity index is 1.55. The van der Waals surface area contributed by atoms with Gasteiger partial charge in [-0.05, 0) is 116 Å². The molecule has 44 heavy (non-hydrogen) atoms. The molecule has 0 saturated carbocycles. The van der Waals surface area contributed by atoms with Gasteiger partial charge >= 0.3 is 11.9 Å². The van der Waals surface area contributed by atoms with E-state index in [0.717, 1.165) is 54.4 Å². The minimum absolute atomic E-state index is 0.00652. The number of aliphatic carboxylic acids is 2. The molecule has 0 aliphatic heterocycles. The molecule has 1 amide bonds. The monoisotopic (exact) mass is 623 g/mol. The maximum Gasteiger partial charge on any atom is 0.303 e. The normalized spacial score (nSPS) is 10.9.